The molecule has 0 saturated carbocycles. The van der Waals surface area contributed by atoms with Gasteiger partial charge in [0, 0.05) is 6.07 Å². The molecule has 0 spiro atoms. The molecule has 2 rings (SSSR count). The van der Waals surface area contributed by atoms with Crippen molar-refractivity contribution in [3.63, 3.8) is 0 Å². The molecule has 0 saturated heterocycles. The van der Waals surface area contributed by atoms with Crippen LogP contribution < -0.4 is 0 Å². The average Bonchev–Trinajstić information content (AvgIpc) is 2.49. The van der Waals surface area contributed by atoms with Crippen LogP contribution in [0.2, 0.25) is 0 Å². The summed E-state index contributed by atoms with van der Waals surface area (Å²) >= 11 is 0. The van der Waals surface area contributed by atoms with Crippen molar-refractivity contribution in [1.29, 1.82) is 0 Å². The van der Waals surface area contributed by atoms with Crippen LogP contribution in [-0.2, 0) is 6.54 Å². The summed E-state index contributed by atoms with van der Waals surface area (Å²) in [7, 11) is 0. The molecule has 1 heterocycles. The first kappa shape index (κ1) is 7.81. The minimum atomic E-state index is -0.279. The van der Waals surface area contributed by atoms with Gasteiger partial charge in [0.05, 0.1) is 23.9 Å². The number of nitrogens with zero attached hydrogens (tertiary/aromatic N) is 2. The summed E-state index contributed by atoms with van der Waals surface area (Å²) in [5, 5.41) is 0. The van der Waals surface area contributed by atoms with E-state index in [-0.39, 0.29) is 5.82 Å². The van der Waals surface area contributed by atoms with Gasteiger partial charge in [0.25, 0.3) is 0 Å². The minimum absolute atomic E-state index is 0.279. The Balaban J connectivity index is 2.63. The first-order valence-electron chi connectivity index (χ1n) is 3.85. The molecule has 0 aliphatic heterocycles. The van der Waals surface area contributed by atoms with Gasteiger partial charge >= 0.3 is 0 Å². The first-order chi connectivity index (χ1) is 6.31. The van der Waals surface area contributed by atoms with Gasteiger partial charge in [-0.15, -0.1) is 6.42 Å². The van der Waals surface area contributed by atoms with E-state index in [1.807, 2.05) is 0 Å². The van der Waals surface area contributed by atoms with Gasteiger partial charge in [-0.05, 0) is 12.1 Å². The number of benzene rings is 1. The Morgan fingerprint density at radius 2 is 2.38 bits per heavy atom. The van der Waals surface area contributed by atoms with Crippen molar-refractivity contribution in [2.24, 2.45) is 0 Å². The third-order valence-corrected chi connectivity index (χ3v) is 1.84. The Labute approximate surface area is 75.0 Å². The SMILES string of the molecule is C#CCn1cnc2cc(F)ccc21. The van der Waals surface area contributed by atoms with Crippen LogP contribution >= 0.6 is 0 Å². The fraction of sp³-hybridized carbons (Fsp3) is 0.100. The number of fused-ring (bicyclic) bond motifs is 1. The maximum absolute atomic E-state index is 12.7. The zero-order chi connectivity index (χ0) is 9.26. The lowest BCUT2D eigenvalue weighted by Gasteiger charge is -1.96. The summed E-state index contributed by atoms with van der Waals surface area (Å²) in [6, 6.07) is 4.47. The Kier molecular flexibility index (Phi) is 1.75. The maximum Gasteiger partial charge on any atom is 0.125 e. The molecule has 0 radical (unpaired) electrons. The molecule has 0 unspecified atom stereocenters. The van der Waals surface area contributed by atoms with E-state index in [1.54, 1.807) is 17.0 Å². The van der Waals surface area contributed by atoms with Gasteiger partial charge in [0.2, 0.25) is 0 Å². The molecule has 0 N–H and O–H groups in total. The molecule has 64 valence electrons. The molecule has 1 aromatic carbocycles. The van der Waals surface area contributed by atoms with E-state index in [0.717, 1.165) is 5.52 Å². The number of aromatic nitrogens is 2. The smallest absolute Gasteiger partial charge is 0.125 e. The normalized spacial score (nSPS) is 10.2. The molecule has 0 aliphatic carbocycles. The third kappa shape index (κ3) is 1.27. The Morgan fingerprint density at radius 1 is 1.54 bits per heavy atom. The van der Waals surface area contributed by atoms with Gasteiger partial charge < -0.3 is 4.57 Å². The van der Waals surface area contributed by atoms with Crippen LogP contribution in [0.15, 0.2) is 24.5 Å². The second kappa shape index (κ2) is 2.91. The maximum atomic E-state index is 12.7. The van der Waals surface area contributed by atoms with E-state index in [9.17, 15) is 4.39 Å². The highest BCUT2D eigenvalue weighted by atomic mass is 19.1. The number of rotatable bonds is 1. The van der Waals surface area contributed by atoms with E-state index in [1.165, 1.54) is 12.1 Å². The molecular formula is C10H7FN2. The van der Waals surface area contributed by atoms with Gasteiger partial charge in [-0.25, -0.2) is 9.37 Å². The molecular weight excluding hydrogens is 167 g/mol. The lowest BCUT2D eigenvalue weighted by Crippen LogP contribution is -1.92. The highest BCUT2D eigenvalue weighted by Gasteiger charge is 2.01. The standard InChI is InChI=1S/C10H7FN2/c1-2-5-13-7-12-9-6-8(11)3-4-10(9)13/h1,3-4,6-7H,5H2. The van der Waals surface area contributed by atoms with Gasteiger partial charge in [-0.3, -0.25) is 0 Å². The number of hydrogen-bond acceptors (Lipinski definition) is 1. The highest BCUT2D eigenvalue weighted by molar-refractivity contribution is 5.75. The fourth-order valence-electron chi connectivity index (χ4n) is 1.26. The van der Waals surface area contributed by atoms with E-state index < -0.39 is 0 Å². The zero-order valence-electron chi connectivity index (χ0n) is 6.87. The summed E-state index contributed by atoms with van der Waals surface area (Å²) in [5.74, 6) is 2.23. The molecule has 1 aromatic heterocycles. The van der Waals surface area contributed by atoms with Crippen molar-refractivity contribution in [2.75, 3.05) is 0 Å². The molecule has 0 fully saturated rings. The number of hydrogen-bond donors (Lipinski definition) is 0. The highest BCUT2D eigenvalue weighted by Crippen LogP contribution is 2.13. The first-order valence-corrected chi connectivity index (χ1v) is 3.85. The second-order valence-electron chi connectivity index (χ2n) is 2.71. The molecule has 2 aromatic rings. The predicted molar refractivity (Wildman–Crippen MR) is 48.5 cm³/mol. The average molecular weight is 174 g/mol. The summed E-state index contributed by atoms with van der Waals surface area (Å²) in [6.07, 6.45) is 6.78. The summed E-state index contributed by atoms with van der Waals surface area (Å²) in [5.41, 5.74) is 1.50. The van der Waals surface area contributed by atoms with Crippen molar-refractivity contribution >= 4 is 11.0 Å². The fourth-order valence-corrected chi connectivity index (χ4v) is 1.26. The summed E-state index contributed by atoms with van der Waals surface area (Å²) < 4.78 is 14.5. The molecule has 0 aliphatic rings. The van der Waals surface area contributed by atoms with Crippen LogP contribution in [0.1, 0.15) is 0 Å². The molecule has 0 amide bonds. The predicted octanol–water partition coefficient (Wildman–Crippen LogP) is 1.81. The van der Waals surface area contributed by atoms with Gasteiger partial charge in [0.15, 0.2) is 0 Å². The van der Waals surface area contributed by atoms with Crippen LogP contribution in [0.3, 0.4) is 0 Å². The van der Waals surface area contributed by atoms with Crippen LogP contribution in [0.5, 0.6) is 0 Å². The van der Waals surface area contributed by atoms with Crippen molar-refractivity contribution < 1.29 is 4.39 Å². The van der Waals surface area contributed by atoms with Crippen LogP contribution in [0.4, 0.5) is 4.39 Å². The molecule has 2 nitrogen and oxygen atoms in total. The van der Waals surface area contributed by atoms with Crippen molar-refractivity contribution in [2.45, 2.75) is 6.54 Å². The summed E-state index contributed by atoms with van der Waals surface area (Å²) in [4.78, 5) is 4.03. The number of halogens is 1. The topological polar surface area (TPSA) is 17.8 Å². The van der Waals surface area contributed by atoms with Gasteiger partial charge in [0.1, 0.15) is 5.82 Å². The molecule has 0 bridgehead atoms. The third-order valence-electron chi connectivity index (χ3n) is 1.84. The molecule has 0 atom stereocenters. The van der Waals surface area contributed by atoms with Crippen molar-refractivity contribution in [3.8, 4) is 12.3 Å². The quantitative estimate of drug-likeness (QED) is 0.603. The Bertz CT molecular complexity index is 479. The van der Waals surface area contributed by atoms with Gasteiger partial charge in [-0.1, -0.05) is 5.92 Å². The number of terminal acetylenes is 1. The number of imidazole rings is 1. The van der Waals surface area contributed by atoms with Crippen molar-refractivity contribution in [1.82, 2.24) is 9.55 Å². The lowest BCUT2D eigenvalue weighted by molar-refractivity contribution is 0.629. The van der Waals surface area contributed by atoms with E-state index in [0.29, 0.717) is 12.1 Å². The zero-order valence-corrected chi connectivity index (χ0v) is 6.87. The molecule has 3 heteroatoms. The lowest BCUT2D eigenvalue weighted by atomic mass is 10.3. The van der Waals surface area contributed by atoms with Crippen LogP contribution in [0.25, 0.3) is 11.0 Å². The second-order valence-corrected chi connectivity index (χ2v) is 2.71. The van der Waals surface area contributed by atoms with Crippen LogP contribution in [-0.4, -0.2) is 9.55 Å². The van der Waals surface area contributed by atoms with Crippen molar-refractivity contribution in [3.05, 3.63) is 30.3 Å². The van der Waals surface area contributed by atoms with E-state index >= 15 is 0 Å². The minimum Gasteiger partial charge on any atom is -0.319 e. The van der Waals surface area contributed by atoms with Crippen LogP contribution in [0, 0.1) is 18.2 Å². The van der Waals surface area contributed by atoms with E-state index in [2.05, 4.69) is 10.9 Å². The van der Waals surface area contributed by atoms with E-state index in [4.69, 9.17) is 6.42 Å². The summed E-state index contributed by atoms with van der Waals surface area (Å²) in [6.45, 7) is 0.460. The Hall–Kier alpha value is -1.82. The monoisotopic (exact) mass is 174 g/mol. The molecule has 13 heavy (non-hydrogen) atoms. The Morgan fingerprint density at radius 3 is 3.15 bits per heavy atom. The largest absolute Gasteiger partial charge is 0.319 e. The van der Waals surface area contributed by atoms with Gasteiger partial charge in [-0.2, -0.15) is 0 Å².